The second-order valence-corrected chi connectivity index (χ2v) is 7.28. The van der Waals surface area contributed by atoms with Gasteiger partial charge in [-0.2, -0.15) is 0 Å². The smallest absolute Gasteiger partial charge is 0.307 e. The first-order valence-electron chi connectivity index (χ1n) is 8.78. The highest BCUT2D eigenvalue weighted by molar-refractivity contribution is 7.10. The van der Waals surface area contributed by atoms with Gasteiger partial charge in [0.05, 0.1) is 42.5 Å². The molecular formula is C20H17N3O5S. The molecule has 0 aromatic carbocycles. The normalized spacial score (nSPS) is 12.1. The molecule has 0 radical (unpaired) electrons. The van der Waals surface area contributed by atoms with Gasteiger partial charge in [0.2, 0.25) is 0 Å². The first kappa shape index (κ1) is 18.9. The van der Waals surface area contributed by atoms with Crippen molar-refractivity contribution in [3.8, 4) is 11.5 Å². The fourth-order valence-electron chi connectivity index (χ4n) is 3.02. The molecule has 4 aromatic rings. The van der Waals surface area contributed by atoms with Gasteiger partial charge in [-0.15, -0.1) is 11.3 Å². The summed E-state index contributed by atoms with van der Waals surface area (Å²) in [5.41, 5.74) is 1.57. The predicted octanol–water partition coefficient (Wildman–Crippen LogP) is 3.89. The van der Waals surface area contributed by atoms with Crippen LogP contribution in [0.3, 0.4) is 0 Å². The van der Waals surface area contributed by atoms with Crippen LogP contribution in [0.15, 0.2) is 50.9 Å². The first-order chi connectivity index (χ1) is 14.1. The van der Waals surface area contributed by atoms with Crippen molar-refractivity contribution in [3.63, 3.8) is 0 Å². The van der Waals surface area contributed by atoms with Crippen LogP contribution in [0.1, 0.15) is 33.4 Å². The number of hydrogen-bond acceptors (Lipinski definition) is 8. The van der Waals surface area contributed by atoms with E-state index in [0.29, 0.717) is 28.1 Å². The zero-order valence-electron chi connectivity index (χ0n) is 15.7. The lowest BCUT2D eigenvalue weighted by Gasteiger charge is -2.17. The van der Waals surface area contributed by atoms with Crippen LogP contribution in [0.5, 0.6) is 0 Å². The molecule has 8 nitrogen and oxygen atoms in total. The number of pyridine rings is 1. The van der Waals surface area contributed by atoms with Crippen molar-refractivity contribution in [2.75, 3.05) is 7.11 Å². The van der Waals surface area contributed by atoms with Gasteiger partial charge in [-0.1, -0.05) is 11.2 Å². The minimum absolute atomic E-state index is 0.0185. The van der Waals surface area contributed by atoms with Crippen molar-refractivity contribution in [3.05, 3.63) is 58.1 Å². The molecule has 148 valence electrons. The third-order valence-electron chi connectivity index (χ3n) is 4.43. The Morgan fingerprint density at radius 3 is 2.86 bits per heavy atom. The number of aryl methyl sites for hydroxylation is 1. The average Bonchev–Trinajstić information content (AvgIpc) is 3.49. The van der Waals surface area contributed by atoms with E-state index in [1.54, 1.807) is 25.1 Å². The number of thiophene rings is 1. The van der Waals surface area contributed by atoms with Crippen LogP contribution in [0, 0.1) is 6.92 Å². The minimum atomic E-state index is -0.523. The standard InChI is InChI=1S/C20H17N3O5S/c1-11-18-12(9-13(15-5-3-7-27-15)22-20(18)28-23-11)19(25)21-14(10-17(24)26-2)16-6-4-8-29-16/h3-9,14H,10H2,1-2H3,(H,21,25)/t14-/m1/s1. The maximum absolute atomic E-state index is 13.2. The summed E-state index contributed by atoms with van der Waals surface area (Å²) in [5.74, 6) is -0.292. The number of fused-ring (bicyclic) bond motifs is 1. The average molecular weight is 411 g/mol. The Morgan fingerprint density at radius 1 is 1.31 bits per heavy atom. The topological polar surface area (TPSA) is 107 Å². The second-order valence-electron chi connectivity index (χ2n) is 6.30. The Kier molecular flexibility index (Phi) is 5.13. The van der Waals surface area contributed by atoms with E-state index in [1.165, 1.54) is 24.7 Å². The molecule has 0 aliphatic rings. The van der Waals surface area contributed by atoms with Crippen molar-refractivity contribution in [1.82, 2.24) is 15.5 Å². The Bertz CT molecular complexity index is 1150. The number of rotatable bonds is 6. The van der Waals surface area contributed by atoms with Crippen molar-refractivity contribution in [2.24, 2.45) is 0 Å². The monoisotopic (exact) mass is 411 g/mol. The first-order valence-corrected chi connectivity index (χ1v) is 9.66. The molecular weight excluding hydrogens is 394 g/mol. The maximum Gasteiger partial charge on any atom is 0.307 e. The molecule has 4 aromatic heterocycles. The van der Waals surface area contributed by atoms with Crippen LogP contribution in [0.4, 0.5) is 0 Å². The van der Waals surface area contributed by atoms with Crippen molar-refractivity contribution in [1.29, 1.82) is 0 Å². The summed E-state index contributed by atoms with van der Waals surface area (Å²) in [6.45, 7) is 1.74. The van der Waals surface area contributed by atoms with Crippen LogP contribution < -0.4 is 5.32 Å². The molecule has 1 N–H and O–H groups in total. The summed E-state index contributed by atoms with van der Waals surface area (Å²) in [7, 11) is 1.32. The van der Waals surface area contributed by atoms with Gasteiger partial charge in [0.25, 0.3) is 11.6 Å². The fourth-order valence-corrected chi connectivity index (χ4v) is 3.80. The molecule has 0 saturated carbocycles. The van der Waals surface area contributed by atoms with E-state index in [4.69, 9.17) is 13.7 Å². The van der Waals surface area contributed by atoms with Gasteiger partial charge in [-0.25, -0.2) is 4.98 Å². The number of carbonyl (C=O) groups is 2. The molecule has 0 aliphatic carbocycles. The number of amides is 1. The maximum atomic E-state index is 13.2. The summed E-state index contributed by atoms with van der Waals surface area (Å²) in [6, 6.07) is 8.30. The van der Waals surface area contributed by atoms with Gasteiger partial charge in [0.1, 0.15) is 5.69 Å². The molecule has 0 saturated heterocycles. The van der Waals surface area contributed by atoms with Crippen LogP contribution in [0.25, 0.3) is 22.6 Å². The van der Waals surface area contributed by atoms with Gasteiger partial charge < -0.3 is 19.0 Å². The highest BCUT2D eigenvalue weighted by atomic mass is 32.1. The number of nitrogens with one attached hydrogen (secondary N) is 1. The van der Waals surface area contributed by atoms with Crippen molar-refractivity contribution < 1.29 is 23.3 Å². The minimum Gasteiger partial charge on any atom is -0.469 e. The van der Waals surface area contributed by atoms with Crippen molar-refractivity contribution in [2.45, 2.75) is 19.4 Å². The van der Waals surface area contributed by atoms with E-state index in [0.717, 1.165) is 4.88 Å². The number of aromatic nitrogens is 2. The van der Waals surface area contributed by atoms with Gasteiger partial charge in [-0.3, -0.25) is 9.59 Å². The van der Waals surface area contributed by atoms with Crippen molar-refractivity contribution >= 4 is 34.3 Å². The lowest BCUT2D eigenvalue weighted by molar-refractivity contribution is -0.141. The molecule has 0 fully saturated rings. The van der Waals surface area contributed by atoms with Gasteiger partial charge in [-0.05, 0) is 36.6 Å². The van der Waals surface area contributed by atoms with E-state index in [2.05, 4.69) is 15.5 Å². The molecule has 0 unspecified atom stereocenters. The number of nitrogens with zero attached hydrogens (tertiary/aromatic N) is 2. The lowest BCUT2D eigenvalue weighted by Crippen LogP contribution is -2.30. The summed E-state index contributed by atoms with van der Waals surface area (Å²) in [5, 5.41) is 9.26. The number of methoxy groups -OCH3 is 1. The van der Waals surface area contributed by atoms with Crippen LogP contribution in [-0.4, -0.2) is 29.1 Å². The van der Waals surface area contributed by atoms with E-state index in [-0.39, 0.29) is 18.0 Å². The SMILES string of the molecule is COC(=O)C[C@@H](NC(=O)c1cc(-c2ccco2)nc2onc(C)c12)c1cccs1. The summed E-state index contributed by atoms with van der Waals surface area (Å²) >= 11 is 1.45. The predicted molar refractivity (Wildman–Crippen MR) is 105 cm³/mol. The largest absolute Gasteiger partial charge is 0.469 e. The molecule has 0 aliphatic heterocycles. The zero-order valence-corrected chi connectivity index (χ0v) is 16.5. The highest BCUT2D eigenvalue weighted by Crippen LogP contribution is 2.29. The number of carbonyl (C=O) groups excluding carboxylic acids is 2. The van der Waals surface area contributed by atoms with Crippen LogP contribution >= 0.6 is 11.3 Å². The number of esters is 1. The Labute approximate surface area is 169 Å². The fraction of sp³-hybridized carbons (Fsp3) is 0.200. The van der Waals surface area contributed by atoms with Gasteiger partial charge in [0.15, 0.2) is 5.76 Å². The molecule has 4 rings (SSSR count). The Morgan fingerprint density at radius 2 is 2.17 bits per heavy atom. The molecule has 4 heterocycles. The third-order valence-corrected chi connectivity index (χ3v) is 5.41. The summed E-state index contributed by atoms with van der Waals surface area (Å²) in [4.78, 5) is 30.3. The Balaban J connectivity index is 1.73. The van der Waals surface area contributed by atoms with E-state index in [1.807, 2.05) is 17.5 Å². The summed E-state index contributed by atoms with van der Waals surface area (Å²) in [6.07, 6.45) is 1.54. The number of furan rings is 1. The van der Waals surface area contributed by atoms with Gasteiger partial charge in [0, 0.05) is 4.88 Å². The number of ether oxygens (including phenoxy) is 1. The quantitative estimate of drug-likeness (QED) is 0.480. The lowest BCUT2D eigenvalue weighted by atomic mass is 10.1. The Hall–Kier alpha value is -3.46. The van der Waals surface area contributed by atoms with E-state index < -0.39 is 12.0 Å². The van der Waals surface area contributed by atoms with Crippen LogP contribution in [0.2, 0.25) is 0 Å². The van der Waals surface area contributed by atoms with E-state index >= 15 is 0 Å². The molecule has 0 bridgehead atoms. The molecule has 9 heteroatoms. The molecule has 1 amide bonds. The zero-order chi connectivity index (χ0) is 20.4. The number of hydrogen-bond donors (Lipinski definition) is 1. The van der Waals surface area contributed by atoms with Gasteiger partial charge >= 0.3 is 5.97 Å². The molecule has 0 spiro atoms. The summed E-state index contributed by atoms with van der Waals surface area (Å²) < 4.78 is 15.5. The highest BCUT2D eigenvalue weighted by Gasteiger charge is 2.25. The van der Waals surface area contributed by atoms with Crippen LogP contribution in [-0.2, 0) is 9.53 Å². The second kappa shape index (κ2) is 7.88. The molecule has 29 heavy (non-hydrogen) atoms. The van der Waals surface area contributed by atoms with E-state index in [9.17, 15) is 9.59 Å². The molecule has 1 atom stereocenters. The third kappa shape index (κ3) is 3.77.